The summed E-state index contributed by atoms with van der Waals surface area (Å²) in [6, 6.07) is 6.79. The fraction of sp³-hybridized carbons (Fsp3) is 0.421. The first kappa shape index (κ1) is 19.5. The largest absolute Gasteiger partial charge is 0.496 e. The summed E-state index contributed by atoms with van der Waals surface area (Å²) in [5.41, 5.74) is 6.51. The molecule has 2 aromatic rings. The van der Waals surface area contributed by atoms with Gasteiger partial charge in [0.2, 0.25) is 0 Å². The number of methoxy groups -OCH3 is 2. The first-order valence-corrected chi connectivity index (χ1v) is 9.11. The molecule has 1 aliphatic rings. The SMILES string of the molecule is COc1cc(N)c(Cl)cc1C(=O)NC1CCN(Cc2ccco2)CC1OC. The molecule has 8 heteroatoms. The van der Waals surface area contributed by atoms with E-state index in [0.717, 1.165) is 25.3 Å². The Labute approximate surface area is 163 Å². The third-order valence-electron chi connectivity index (χ3n) is 4.79. The number of hydrogen-bond acceptors (Lipinski definition) is 6. The summed E-state index contributed by atoms with van der Waals surface area (Å²) in [5, 5.41) is 3.36. The normalized spacial score (nSPS) is 20.4. The van der Waals surface area contributed by atoms with Gasteiger partial charge < -0.3 is 24.9 Å². The molecule has 3 rings (SSSR count). The predicted octanol–water partition coefficient (Wildman–Crippen LogP) is 2.54. The highest BCUT2D eigenvalue weighted by molar-refractivity contribution is 6.33. The molecule has 146 valence electrons. The molecule has 1 aliphatic heterocycles. The van der Waals surface area contributed by atoms with Crippen molar-refractivity contribution in [2.45, 2.75) is 25.1 Å². The van der Waals surface area contributed by atoms with E-state index < -0.39 is 0 Å². The molecule has 0 spiro atoms. The average Bonchev–Trinajstić information content (AvgIpc) is 3.17. The van der Waals surface area contributed by atoms with Crippen LogP contribution in [-0.2, 0) is 11.3 Å². The average molecular weight is 394 g/mol. The Hall–Kier alpha value is -2.22. The fourth-order valence-corrected chi connectivity index (χ4v) is 3.48. The lowest BCUT2D eigenvalue weighted by Gasteiger charge is -2.37. The first-order valence-electron chi connectivity index (χ1n) is 8.73. The van der Waals surface area contributed by atoms with Gasteiger partial charge in [0.05, 0.1) is 48.3 Å². The number of nitrogen functional groups attached to an aromatic ring is 1. The van der Waals surface area contributed by atoms with Crippen molar-refractivity contribution in [3.05, 3.63) is 46.9 Å². The fourth-order valence-electron chi connectivity index (χ4n) is 3.31. The van der Waals surface area contributed by atoms with Crippen molar-refractivity contribution in [1.82, 2.24) is 10.2 Å². The molecule has 1 aromatic heterocycles. The molecule has 2 unspecified atom stereocenters. The van der Waals surface area contributed by atoms with Crippen LogP contribution in [0, 0.1) is 0 Å². The summed E-state index contributed by atoms with van der Waals surface area (Å²) in [4.78, 5) is 15.0. The number of benzene rings is 1. The summed E-state index contributed by atoms with van der Waals surface area (Å²) >= 11 is 6.07. The lowest BCUT2D eigenvalue weighted by Crippen LogP contribution is -2.54. The van der Waals surface area contributed by atoms with Gasteiger partial charge in [-0.15, -0.1) is 0 Å². The zero-order valence-corrected chi connectivity index (χ0v) is 16.2. The van der Waals surface area contributed by atoms with E-state index in [4.69, 9.17) is 31.2 Å². The Morgan fingerprint density at radius 2 is 2.26 bits per heavy atom. The minimum atomic E-state index is -0.264. The topological polar surface area (TPSA) is 90.0 Å². The van der Waals surface area contributed by atoms with Gasteiger partial charge in [-0.1, -0.05) is 11.6 Å². The highest BCUT2D eigenvalue weighted by atomic mass is 35.5. The van der Waals surface area contributed by atoms with Crippen molar-refractivity contribution < 1.29 is 18.7 Å². The van der Waals surface area contributed by atoms with E-state index in [0.29, 0.717) is 28.6 Å². The number of halogens is 1. The van der Waals surface area contributed by atoms with Gasteiger partial charge in [0.1, 0.15) is 11.5 Å². The maximum atomic E-state index is 12.8. The van der Waals surface area contributed by atoms with Gasteiger partial charge >= 0.3 is 0 Å². The van der Waals surface area contributed by atoms with Gasteiger partial charge in [-0.05, 0) is 24.6 Å². The minimum Gasteiger partial charge on any atom is -0.496 e. The predicted molar refractivity (Wildman–Crippen MR) is 103 cm³/mol. The summed E-state index contributed by atoms with van der Waals surface area (Å²) in [7, 11) is 3.14. The van der Waals surface area contributed by atoms with Crippen LogP contribution in [0.2, 0.25) is 5.02 Å². The molecule has 7 nitrogen and oxygen atoms in total. The summed E-state index contributed by atoms with van der Waals surface area (Å²) < 4.78 is 16.3. The molecule has 2 heterocycles. The number of nitrogens with zero attached hydrogens (tertiary/aromatic N) is 1. The number of rotatable bonds is 6. The van der Waals surface area contributed by atoms with E-state index in [9.17, 15) is 4.79 Å². The van der Waals surface area contributed by atoms with Crippen LogP contribution >= 0.6 is 11.6 Å². The van der Waals surface area contributed by atoms with E-state index in [1.54, 1.807) is 19.4 Å². The molecule has 27 heavy (non-hydrogen) atoms. The van der Waals surface area contributed by atoms with Crippen molar-refractivity contribution in [2.24, 2.45) is 0 Å². The Morgan fingerprint density at radius 3 is 2.93 bits per heavy atom. The number of nitrogens with two attached hydrogens (primary N) is 1. The van der Waals surface area contributed by atoms with E-state index in [-0.39, 0.29) is 18.1 Å². The third kappa shape index (κ3) is 4.55. The molecule has 0 aliphatic carbocycles. The summed E-state index contributed by atoms with van der Waals surface area (Å²) in [6.45, 7) is 2.24. The van der Waals surface area contributed by atoms with Crippen LogP contribution < -0.4 is 15.8 Å². The van der Waals surface area contributed by atoms with Crippen LogP contribution in [0.1, 0.15) is 22.5 Å². The molecule has 0 bridgehead atoms. The van der Waals surface area contributed by atoms with Gasteiger partial charge in [-0.3, -0.25) is 9.69 Å². The molecular weight excluding hydrogens is 370 g/mol. The molecule has 2 atom stereocenters. The zero-order valence-electron chi connectivity index (χ0n) is 15.4. The van der Waals surface area contributed by atoms with Gasteiger partial charge in [0, 0.05) is 26.3 Å². The van der Waals surface area contributed by atoms with Crippen molar-refractivity contribution >= 4 is 23.2 Å². The number of hydrogen-bond donors (Lipinski definition) is 2. The molecule has 0 saturated carbocycles. The molecule has 1 amide bonds. The number of furan rings is 1. The van der Waals surface area contributed by atoms with Gasteiger partial charge in [0.15, 0.2) is 0 Å². The lowest BCUT2D eigenvalue weighted by molar-refractivity contribution is 0.00213. The summed E-state index contributed by atoms with van der Waals surface area (Å²) in [6.07, 6.45) is 2.30. The number of ether oxygens (including phenoxy) is 2. The summed E-state index contributed by atoms with van der Waals surface area (Å²) in [5.74, 6) is 1.03. The molecule has 1 aromatic carbocycles. The maximum Gasteiger partial charge on any atom is 0.255 e. The van der Waals surface area contributed by atoms with Crippen molar-refractivity contribution in [2.75, 3.05) is 33.0 Å². The standard InChI is InChI=1S/C19H24ClN3O4/c1-25-17-9-15(21)14(20)8-13(17)19(24)22-16-5-6-23(11-18(16)26-2)10-12-4-3-7-27-12/h3-4,7-9,16,18H,5-6,10-11,21H2,1-2H3,(H,22,24). The Kier molecular flexibility index (Phi) is 6.26. The van der Waals surface area contributed by atoms with Crippen molar-refractivity contribution in [1.29, 1.82) is 0 Å². The number of nitrogens with one attached hydrogen (secondary N) is 1. The Morgan fingerprint density at radius 1 is 1.44 bits per heavy atom. The molecule has 3 N–H and O–H groups in total. The molecular formula is C19H24ClN3O4. The Balaban J connectivity index is 1.66. The number of amides is 1. The van der Waals surface area contributed by atoms with Crippen LogP contribution in [0.4, 0.5) is 5.69 Å². The van der Waals surface area contributed by atoms with Gasteiger partial charge in [-0.2, -0.15) is 0 Å². The minimum absolute atomic E-state index is 0.114. The number of piperidine rings is 1. The van der Waals surface area contributed by atoms with E-state index in [1.807, 2.05) is 12.1 Å². The second-order valence-electron chi connectivity index (χ2n) is 6.53. The van der Waals surface area contributed by atoms with Crippen LogP contribution in [0.15, 0.2) is 34.9 Å². The number of anilines is 1. The second kappa shape index (κ2) is 8.65. The van der Waals surface area contributed by atoms with Crippen LogP contribution in [-0.4, -0.2) is 50.3 Å². The highest BCUT2D eigenvalue weighted by Gasteiger charge is 2.31. The zero-order chi connectivity index (χ0) is 19.4. The highest BCUT2D eigenvalue weighted by Crippen LogP contribution is 2.29. The van der Waals surface area contributed by atoms with E-state index in [1.165, 1.54) is 13.2 Å². The number of likely N-dealkylation sites (tertiary alicyclic amines) is 1. The third-order valence-corrected chi connectivity index (χ3v) is 5.11. The van der Waals surface area contributed by atoms with E-state index in [2.05, 4.69) is 10.2 Å². The lowest BCUT2D eigenvalue weighted by atomic mass is 10.0. The number of carbonyl (C=O) groups excluding carboxylic acids is 1. The quantitative estimate of drug-likeness (QED) is 0.733. The van der Waals surface area contributed by atoms with Crippen molar-refractivity contribution in [3.63, 3.8) is 0 Å². The second-order valence-corrected chi connectivity index (χ2v) is 6.94. The first-order chi connectivity index (χ1) is 13.0. The molecule has 0 radical (unpaired) electrons. The van der Waals surface area contributed by atoms with Gasteiger partial charge in [-0.25, -0.2) is 0 Å². The van der Waals surface area contributed by atoms with Crippen LogP contribution in [0.25, 0.3) is 0 Å². The smallest absolute Gasteiger partial charge is 0.255 e. The van der Waals surface area contributed by atoms with Crippen LogP contribution in [0.3, 0.4) is 0 Å². The monoisotopic (exact) mass is 393 g/mol. The van der Waals surface area contributed by atoms with Crippen LogP contribution in [0.5, 0.6) is 5.75 Å². The molecule has 1 saturated heterocycles. The maximum absolute atomic E-state index is 12.8. The Bertz CT molecular complexity index is 782. The number of carbonyl (C=O) groups is 1. The van der Waals surface area contributed by atoms with Gasteiger partial charge in [0.25, 0.3) is 5.91 Å². The van der Waals surface area contributed by atoms with Crippen molar-refractivity contribution in [3.8, 4) is 5.75 Å². The van der Waals surface area contributed by atoms with E-state index >= 15 is 0 Å². The molecule has 1 fully saturated rings.